The Balaban J connectivity index is 1.51. The van der Waals surface area contributed by atoms with Gasteiger partial charge in [0.15, 0.2) is 0 Å². The van der Waals surface area contributed by atoms with Crippen molar-refractivity contribution in [2.24, 2.45) is 10.8 Å². The molecule has 8 nitrogen and oxygen atoms in total. The van der Waals surface area contributed by atoms with Crippen molar-refractivity contribution < 1.29 is 38.4 Å². The number of esters is 2. The summed E-state index contributed by atoms with van der Waals surface area (Å²) in [6, 6.07) is 0. The fourth-order valence-electron chi connectivity index (χ4n) is 6.85. The molecule has 1 saturated carbocycles. The SMILES string of the molecule is CC1=CC(=O)OC[C@]23CCC(C)=C[C@H]2O[C@@H]2C[C@@H](OC(=O)/C=C\C=C[C@@H]([C@H](C)O)OCC1)[C@@]3(C)[C@]21CO1. The highest BCUT2D eigenvalue weighted by Crippen LogP contribution is 2.72. The fraction of sp³-hybridized carbons (Fsp3) is 0.655. The van der Waals surface area contributed by atoms with Crippen molar-refractivity contribution >= 4 is 11.9 Å². The summed E-state index contributed by atoms with van der Waals surface area (Å²) in [5, 5.41) is 10.0. The van der Waals surface area contributed by atoms with E-state index in [1.165, 1.54) is 17.7 Å². The van der Waals surface area contributed by atoms with Gasteiger partial charge in [-0.1, -0.05) is 42.4 Å². The maximum atomic E-state index is 12.9. The molecule has 3 heterocycles. The Hall–Kier alpha value is -2.26. The van der Waals surface area contributed by atoms with E-state index in [2.05, 4.69) is 19.9 Å². The van der Waals surface area contributed by atoms with Gasteiger partial charge >= 0.3 is 11.9 Å². The minimum absolute atomic E-state index is 0.144. The number of ether oxygens (including phenoxy) is 5. The molecular formula is C29H38O8. The first-order chi connectivity index (χ1) is 17.6. The molecule has 0 aromatic rings. The normalized spacial score (nSPS) is 43.9. The fourth-order valence-corrected chi connectivity index (χ4v) is 6.85. The van der Waals surface area contributed by atoms with E-state index in [-0.39, 0.29) is 18.8 Å². The molecule has 2 saturated heterocycles. The summed E-state index contributed by atoms with van der Waals surface area (Å²) in [6.07, 6.45) is 10.5. The van der Waals surface area contributed by atoms with E-state index in [1.807, 2.05) is 6.92 Å². The van der Waals surface area contributed by atoms with E-state index in [9.17, 15) is 14.7 Å². The summed E-state index contributed by atoms with van der Waals surface area (Å²) in [7, 11) is 0. The zero-order chi connectivity index (χ0) is 26.4. The second-order valence-electron chi connectivity index (χ2n) is 11.4. The molecule has 5 rings (SSSR count). The maximum Gasteiger partial charge on any atom is 0.331 e. The van der Waals surface area contributed by atoms with Crippen LogP contribution in [0.25, 0.3) is 0 Å². The Labute approximate surface area is 218 Å². The van der Waals surface area contributed by atoms with Crippen LogP contribution in [0.5, 0.6) is 0 Å². The maximum absolute atomic E-state index is 12.9. The third-order valence-electron chi connectivity index (χ3n) is 9.24. The van der Waals surface area contributed by atoms with Crippen LogP contribution < -0.4 is 0 Å². The molecule has 8 heteroatoms. The van der Waals surface area contributed by atoms with Gasteiger partial charge in [-0.05, 0) is 40.0 Å². The molecule has 2 spiro atoms. The van der Waals surface area contributed by atoms with Crippen LogP contribution >= 0.6 is 0 Å². The molecular weight excluding hydrogens is 476 g/mol. The lowest BCUT2D eigenvalue weighted by molar-refractivity contribution is -0.232. The molecule has 8 atom stereocenters. The lowest BCUT2D eigenvalue weighted by atomic mass is 9.51. The largest absolute Gasteiger partial charge is 0.462 e. The zero-order valence-electron chi connectivity index (χ0n) is 22.1. The molecule has 37 heavy (non-hydrogen) atoms. The number of carbonyl (C=O) groups is 2. The first-order valence-corrected chi connectivity index (χ1v) is 13.3. The average molecular weight is 515 g/mol. The molecule has 3 aliphatic heterocycles. The molecule has 0 unspecified atom stereocenters. The minimum Gasteiger partial charge on any atom is -0.462 e. The van der Waals surface area contributed by atoms with E-state index in [0.29, 0.717) is 26.1 Å². The number of rotatable bonds is 1. The third kappa shape index (κ3) is 4.42. The monoisotopic (exact) mass is 514 g/mol. The number of aliphatic hydroxyl groups is 1. The highest BCUT2D eigenvalue weighted by atomic mass is 16.6. The summed E-state index contributed by atoms with van der Waals surface area (Å²) in [5.74, 6) is -0.879. The summed E-state index contributed by atoms with van der Waals surface area (Å²) in [4.78, 5) is 25.9. The van der Waals surface area contributed by atoms with Crippen LogP contribution in [-0.4, -0.2) is 73.0 Å². The Kier molecular flexibility index (Phi) is 6.98. The second kappa shape index (κ2) is 9.80. The standard InChI is InChI=1S/C29H38O8/c1-18-9-11-28-16-34-26(32)14-19(2)10-12-33-21(20(3)30)7-5-6-8-25(31)37-22-15-24(36-23(28)13-18)29(17-35-29)27(22,28)4/h5-8,13-14,20-24,30H,9-12,15-17H2,1-4H3/b7-5?,8-6-,19-14?/t20-,21-,22+,23+,24+,27+,28+,29-/m0/s1. The van der Waals surface area contributed by atoms with E-state index >= 15 is 0 Å². The number of carbonyl (C=O) groups excluding carboxylic acids is 2. The van der Waals surface area contributed by atoms with Crippen molar-refractivity contribution in [2.75, 3.05) is 19.8 Å². The quantitative estimate of drug-likeness (QED) is 0.323. The number of hydrogen-bond donors (Lipinski definition) is 1. The van der Waals surface area contributed by atoms with Gasteiger partial charge in [-0.25, -0.2) is 9.59 Å². The Morgan fingerprint density at radius 1 is 1.05 bits per heavy atom. The van der Waals surface area contributed by atoms with Crippen LogP contribution in [0.2, 0.25) is 0 Å². The molecule has 2 bridgehead atoms. The van der Waals surface area contributed by atoms with Gasteiger partial charge in [0.2, 0.25) is 0 Å². The summed E-state index contributed by atoms with van der Waals surface area (Å²) >= 11 is 0. The van der Waals surface area contributed by atoms with E-state index in [4.69, 9.17) is 23.7 Å². The molecule has 0 aromatic heterocycles. The number of hydrogen-bond acceptors (Lipinski definition) is 8. The molecule has 0 amide bonds. The smallest absolute Gasteiger partial charge is 0.331 e. The van der Waals surface area contributed by atoms with Crippen LogP contribution in [0.3, 0.4) is 0 Å². The van der Waals surface area contributed by atoms with Crippen molar-refractivity contribution in [1.29, 1.82) is 0 Å². The molecule has 1 N–H and O–H groups in total. The molecule has 202 valence electrons. The zero-order valence-corrected chi connectivity index (χ0v) is 22.1. The van der Waals surface area contributed by atoms with E-state index < -0.39 is 46.7 Å². The van der Waals surface area contributed by atoms with Crippen molar-refractivity contribution in [3.8, 4) is 0 Å². The van der Waals surface area contributed by atoms with Gasteiger partial charge in [-0.15, -0.1) is 0 Å². The first kappa shape index (κ1) is 26.4. The van der Waals surface area contributed by atoms with Crippen LogP contribution in [0.15, 0.2) is 47.6 Å². The number of epoxide rings is 1. The molecule has 5 aliphatic rings. The van der Waals surface area contributed by atoms with Gasteiger partial charge in [0.25, 0.3) is 0 Å². The summed E-state index contributed by atoms with van der Waals surface area (Å²) in [6.45, 7) is 8.73. The van der Waals surface area contributed by atoms with Crippen LogP contribution in [-0.2, 0) is 33.3 Å². The number of cyclic esters (lactones) is 1. The summed E-state index contributed by atoms with van der Waals surface area (Å²) < 4.78 is 30.6. The first-order valence-electron chi connectivity index (χ1n) is 13.3. The van der Waals surface area contributed by atoms with Gasteiger partial charge in [0, 0.05) is 24.0 Å². The second-order valence-corrected chi connectivity index (χ2v) is 11.4. The van der Waals surface area contributed by atoms with Gasteiger partial charge in [-0.2, -0.15) is 0 Å². The molecule has 0 aromatic carbocycles. The highest BCUT2D eigenvalue weighted by molar-refractivity contribution is 5.83. The van der Waals surface area contributed by atoms with Crippen LogP contribution in [0.1, 0.15) is 53.4 Å². The Morgan fingerprint density at radius 2 is 1.84 bits per heavy atom. The lowest BCUT2D eigenvalue weighted by Crippen LogP contribution is -2.66. The van der Waals surface area contributed by atoms with Gasteiger partial charge in [-0.3, -0.25) is 0 Å². The minimum atomic E-state index is -0.735. The molecule has 2 aliphatic carbocycles. The van der Waals surface area contributed by atoms with Gasteiger partial charge < -0.3 is 28.8 Å². The Bertz CT molecular complexity index is 1050. The summed E-state index contributed by atoms with van der Waals surface area (Å²) in [5.41, 5.74) is 0.318. The van der Waals surface area contributed by atoms with Crippen molar-refractivity contribution in [2.45, 2.75) is 89.5 Å². The molecule has 0 radical (unpaired) electrons. The lowest BCUT2D eigenvalue weighted by Gasteiger charge is -2.58. The van der Waals surface area contributed by atoms with Crippen molar-refractivity contribution in [1.82, 2.24) is 0 Å². The van der Waals surface area contributed by atoms with Crippen LogP contribution in [0, 0.1) is 10.8 Å². The van der Waals surface area contributed by atoms with E-state index in [1.54, 1.807) is 25.2 Å². The molecule has 3 fully saturated rings. The predicted molar refractivity (Wildman–Crippen MR) is 134 cm³/mol. The average Bonchev–Trinajstić information content (AvgIpc) is 3.61. The highest BCUT2D eigenvalue weighted by Gasteiger charge is 2.83. The third-order valence-corrected chi connectivity index (χ3v) is 9.24. The number of allylic oxidation sites excluding steroid dienone is 3. The van der Waals surface area contributed by atoms with Crippen molar-refractivity contribution in [3.63, 3.8) is 0 Å². The number of aliphatic hydroxyl groups excluding tert-OH is 1. The van der Waals surface area contributed by atoms with Crippen LogP contribution in [0.4, 0.5) is 0 Å². The van der Waals surface area contributed by atoms with Gasteiger partial charge in [0.1, 0.15) is 24.4 Å². The van der Waals surface area contributed by atoms with E-state index in [0.717, 1.165) is 18.4 Å². The topological polar surface area (TPSA) is 104 Å². The Morgan fingerprint density at radius 3 is 2.57 bits per heavy atom. The predicted octanol–water partition coefficient (Wildman–Crippen LogP) is 3.34. The van der Waals surface area contributed by atoms with Gasteiger partial charge in [0.05, 0.1) is 36.9 Å². The van der Waals surface area contributed by atoms with Crippen molar-refractivity contribution in [3.05, 3.63) is 47.6 Å².